The van der Waals surface area contributed by atoms with Crippen molar-refractivity contribution in [2.75, 3.05) is 29.0 Å². The Hall–Kier alpha value is -3.65. The Labute approximate surface area is 201 Å². The van der Waals surface area contributed by atoms with Crippen LogP contribution in [0.4, 0.5) is 11.4 Å². The third kappa shape index (κ3) is 5.82. The summed E-state index contributed by atoms with van der Waals surface area (Å²) in [6.07, 6.45) is 1.11. The summed E-state index contributed by atoms with van der Waals surface area (Å²) in [5, 5.41) is 2.81. The number of hydrogen-bond acceptors (Lipinski definition) is 4. The van der Waals surface area contributed by atoms with Crippen LogP contribution in [-0.4, -0.2) is 44.5 Å². The molecule has 0 radical (unpaired) electrons. The molecule has 0 unspecified atom stereocenters. The third-order valence-corrected chi connectivity index (χ3v) is 6.57. The van der Waals surface area contributed by atoms with E-state index in [1.165, 1.54) is 4.31 Å². The first-order valence-electron chi connectivity index (χ1n) is 11.1. The minimum atomic E-state index is -3.69. The molecular weight excluding hydrogens is 450 g/mol. The van der Waals surface area contributed by atoms with E-state index in [2.05, 4.69) is 5.32 Å². The number of carbonyl (C=O) groups is 2. The van der Waals surface area contributed by atoms with E-state index in [1.807, 2.05) is 44.2 Å². The lowest BCUT2D eigenvalue weighted by Gasteiger charge is -2.25. The summed E-state index contributed by atoms with van der Waals surface area (Å²) in [5.74, 6) is -0.687. The summed E-state index contributed by atoms with van der Waals surface area (Å²) in [5.41, 5.74) is 1.99. The first kappa shape index (κ1) is 25.0. The molecular formula is C26H29N3O4S. The van der Waals surface area contributed by atoms with Crippen molar-refractivity contribution in [3.63, 3.8) is 0 Å². The van der Waals surface area contributed by atoms with Gasteiger partial charge in [-0.1, -0.05) is 54.6 Å². The molecule has 178 valence electrons. The van der Waals surface area contributed by atoms with Crippen molar-refractivity contribution in [3.05, 3.63) is 95.6 Å². The highest BCUT2D eigenvalue weighted by Crippen LogP contribution is 2.27. The molecule has 0 aromatic heterocycles. The van der Waals surface area contributed by atoms with E-state index in [0.29, 0.717) is 24.3 Å². The highest BCUT2D eigenvalue weighted by Gasteiger charge is 2.24. The molecule has 3 rings (SSSR count). The molecule has 0 spiro atoms. The predicted molar refractivity (Wildman–Crippen MR) is 136 cm³/mol. The van der Waals surface area contributed by atoms with E-state index in [0.717, 1.165) is 11.8 Å². The maximum Gasteiger partial charge on any atom is 0.257 e. The minimum absolute atomic E-state index is 0.0843. The summed E-state index contributed by atoms with van der Waals surface area (Å²) < 4.78 is 26.6. The number of amides is 2. The van der Waals surface area contributed by atoms with Crippen LogP contribution in [0.25, 0.3) is 0 Å². The molecule has 1 N–H and O–H groups in total. The number of anilines is 2. The van der Waals surface area contributed by atoms with E-state index < -0.39 is 15.9 Å². The summed E-state index contributed by atoms with van der Waals surface area (Å²) in [7, 11) is -3.69. The highest BCUT2D eigenvalue weighted by molar-refractivity contribution is 7.92. The zero-order chi connectivity index (χ0) is 24.7. The van der Waals surface area contributed by atoms with Crippen LogP contribution in [0.2, 0.25) is 0 Å². The average Bonchev–Trinajstić information content (AvgIpc) is 2.83. The van der Waals surface area contributed by atoms with Crippen LogP contribution in [0.3, 0.4) is 0 Å². The Morgan fingerprint density at radius 1 is 0.794 bits per heavy atom. The van der Waals surface area contributed by atoms with Crippen LogP contribution in [-0.2, 0) is 16.6 Å². The van der Waals surface area contributed by atoms with E-state index in [1.54, 1.807) is 53.4 Å². The molecule has 0 fully saturated rings. The molecule has 3 aromatic rings. The number of nitrogens with zero attached hydrogens (tertiary/aromatic N) is 2. The average molecular weight is 480 g/mol. The maximum absolute atomic E-state index is 13.3. The smallest absolute Gasteiger partial charge is 0.257 e. The van der Waals surface area contributed by atoms with Gasteiger partial charge < -0.3 is 10.2 Å². The first-order valence-corrected chi connectivity index (χ1v) is 12.9. The van der Waals surface area contributed by atoms with Crippen LogP contribution in [0.5, 0.6) is 0 Å². The van der Waals surface area contributed by atoms with Gasteiger partial charge in [0.1, 0.15) is 0 Å². The maximum atomic E-state index is 13.3. The lowest BCUT2D eigenvalue weighted by molar-refractivity contribution is 0.0774. The fourth-order valence-corrected chi connectivity index (χ4v) is 4.56. The molecule has 7 nitrogen and oxygen atoms in total. The Morgan fingerprint density at radius 3 is 1.97 bits per heavy atom. The summed E-state index contributed by atoms with van der Waals surface area (Å²) >= 11 is 0. The predicted octanol–water partition coefficient (Wildman–Crippen LogP) is 4.39. The van der Waals surface area contributed by atoms with Gasteiger partial charge in [0.2, 0.25) is 10.0 Å². The summed E-state index contributed by atoms with van der Waals surface area (Å²) in [4.78, 5) is 28.0. The summed E-state index contributed by atoms with van der Waals surface area (Å²) in [6.45, 7) is 4.96. The zero-order valence-electron chi connectivity index (χ0n) is 19.6. The molecule has 0 heterocycles. The molecule has 0 aliphatic heterocycles. The molecule has 0 aliphatic carbocycles. The van der Waals surface area contributed by atoms with Gasteiger partial charge in [-0.2, -0.15) is 0 Å². The second-order valence-corrected chi connectivity index (χ2v) is 9.66. The molecule has 0 atom stereocenters. The van der Waals surface area contributed by atoms with Gasteiger partial charge in [0.15, 0.2) is 0 Å². The van der Waals surface area contributed by atoms with Crippen molar-refractivity contribution in [2.45, 2.75) is 20.4 Å². The van der Waals surface area contributed by atoms with E-state index in [9.17, 15) is 18.0 Å². The van der Waals surface area contributed by atoms with Gasteiger partial charge in [-0.15, -0.1) is 0 Å². The van der Waals surface area contributed by atoms with Crippen LogP contribution >= 0.6 is 0 Å². The van der Waals surface area contributed by atoms with Gasteiger partial charge in [0.25, 0.3) is 11.8 Å². The molecule has 34 heavy (non-hydrogen) atoms. The van der Waals surface area contributed by atoms with E-state index in [4.69, 9.17) is 0 Å². The van der Waals surface area contributed by atoms with Crippen molar-refractivity contribution in [3.8, 4) is 0 Å². The zero-order valence-corrected chi connectivity index (χ0v) is 20.4. The van der Waals surface area contributed by atoms with Crippen molar-refractivity contribution < 1.29 is 18.0 Å². The van der Waals surface area contributed by atoms with Crippen molar-refractivity contribution in [2.24, 2.45) is 0 Å². The first-order chi connectivity index (χ1) is 16.3. The number of carbonyl (C=O) groups excluding carboxylic acids is 2. The van der Waals surface area contributed by atoms with E-state index >= 15 is 0 Å². The van der Waals surface area contributed by atoms with Gasteiger partial charge in [-0.25, -0.2) is 8.42 Å². The number of hydrogen-bond donors (Lipinski definition) is 1. The van der Waals surface area contributed by atoms with Crippen molar-refractivity contribution >= 4 is 33.2 Å². The molecule has 8 heteroatoms. The monoisotopic (exact) mass is 479 g/mol. The molecule has 0 aliphatic rings. The molecule has 0 saturated heterocycles. The van der Waals surface area contributed by atoms with Gasteiger partial charge in [-0.05, 0) is 43.7 Å². The van der Waals surface area contributed by atoms with Crippen LogP contribution in [0, 0.1) is 0 Å². The van der Waals surface area contributed by atoms with Gasteiger partial charge in [-0.3, -0.25) is 13.9 Å². The number of sulfonamides is 1. The van der Waals surface area contributed by atoms with Crippen molar-refractivity contribution in [1.82, 2.24) is 4.90 Å². The Balaban J connectivity index is 1.97. The van der Waals surface area contributed by atoms with E-state index in [-0.39, 0.29) is 23.7 Å². The Kier molecular flexibility index (Phi) is 8.07. The fourth-order valence-electron chi connectivity index (χ4n) is 3.66. The van der Waals surface area contributed by atoms with Gasteiger partial charge >= 0.3 is 0 Å². The number of nitrogens with one attached hydrogen (secondary N) is 1. The molecule has 2 amide bonds. The number of rotatable bonds is 9. The quantitative estimate of drug-likeness (QED) is 0.493. The van der Waals surface area contributed by atoms with Crippen LogP contribution in [0.15, 0.2) is 78.9 Å². The van der Waals surface area contributed by atoms with Crippen LogP contribution < -0.4 is 9.62 Å². The molecule has 0 bridgehead atoms. The second kappa shape index (κ2) is 11.0. The van der Waals surface area contributed by atoms with Gasteiger partial charge in [0, 0.05) is 13.1 Å². The standard InChI is InChI=1S/C26H29N3O4S/c1-4-28(5-2)26(31)21-15-9-11-17-23(21)27-25(30)22-16-10-12-18-24(22)29(34(3,32)33)19-20-13-7-6-8-14-20/h6-18H,4-5,19H2,1-3H3,(H,27,30). The van der Waals surface area contributed by atoms with Crippen molar-refractivity contribution in [1.29, 1.82) is 0 Å². The molecule has 0 saturated carbocycles. The third-order valence-electron chi connectivity index (χ3n) is 5.44. The SMILES string of the molecule is CCN(CC)C(=O)c1ccccc1NC(=O)c1ccccc1N(Cc1ccccc1)S(C)(=O)=O. The second-order valence-electron chi connectivity index (χ2n) is 7.75. The highest BCUT2D eigenvalue weighted by atomic mass is 32.2. The Bertz CT molecular complexity index is 1260. The largest absolute Gasteiger partial charge is 0.339 e. The number of para-hydroxylation sites is 2. The lowest BCUT2D eigenvalue weighted by atomic mass is 10.1. The molecule has 3 aromatic carbocycles. The summed E-state index contributed by atoms with van der Waals surface area (Å²) in [6, 6.07) is 22.5. The minimum Gasteiger partial charge on any atom is -0.339 e. The van der Waals surface area contributed by atoms with Gasteiger partial charge in [0.05, 0.1) is 35.3 Å². The normalized spacial score (nSPS) is 11.0. The van der Waals surface area contributed by atoms with Crippen LogP contribution in [0.1, 0.15) is 40.1 Å². The fraction of sp³-hybridized carbons (Fsp3) is 0.231. The number of benzene rings is 3. The lowest BCUT2D eigenvalue weighted by Crippen LogP contribution is -2.32. The topological polar surface area (TPSA) is 86.8 Å². The Morgan fingerprint density at radius 2 is 1.35 bits per heavy atom.